The van der Waals surface area contributed by atoms with Gasteiger partial charge in [-0.05, 0) is 48.9 Å². The maximum Gasteiger partial charge on any atom is -0.0266 e. The molecule has 3 rings (SSSR count). The zero-order valence-corrected chi connectivity index (χ0v) is 7.47. The highest BCUT2D eigenvalue weighted by Gasteiger charge is 2.57. The highest BCUT2D eigenvalue weighted by molar-refractivity contribution is 5.07. The quantitative estimate of drug-likeness (QED) is 0.497. The molecule has 0 aromatic rings. The lowest BCUT2D eigenvalue weighted by molar-refractivity contribution is 0.317. The summed E-state index contributed by atoms with van der Waals surface area (Å²) < 4.78 is 0. The van der Waals surface area contributed by atoms with E-state index in [9.17, 15) is 0 Å². The van der Waals surface area contributed by atoms with Crippen molar-refractivity contribution in [2.24, 2.45) is 23.2 Å². The van der Waals surface area contributed by atoms with Crippen LogP contribution < -0.4 is 0 Å². The normalized spacial score (nSPS) is 60.3. The Balaban J connectivity index is 1.89. The van der Waals surface area contributed by atoms with Crippen LogP contribution in [0.3, 0.4) is 0 Å². The summed E-state index contributed by atoms with van der Waals surface area (Å²) in [6.45, 7) is 2.55. The molecule has 0 nitrogen and oxygen atoms in total. The molecule has 0 spiro atoms. The number of fused-ring (bicyclic) bond motifs is 4. The van der Waals surface area contributed by atoms with Gasteiger partial charge in [-0.15, -0.1) is 0 Å². The zero-order chi connectivity index (χ0) is 7.47. The van der Waals surface area contributed by atoms with E-state index >= 15 is 0 Å². The molecule has 0 aliphatic heterocycles. The second kappa shape index (κ2) is 1.84. The third-order valence-corrected chi connectivity index (χ3v) is 4.86. The fourth-order valence-corrected chi connectivity index (χ4v) is 3.78. The third-order valence-electron chi connectivity index (χ3n) is 4.86. The molecule has 4 atom stereocenters. The van der Waals surface area contributed by atoms with Crippen molar-refractivity contribution in [3.8, 4) is 0 Å². The summed E-state index contributed by atoms with van der Waals surface area (Å²) in [7, 11) is 0. The molecule has 3 saturated carbocycles. The van der Waals surface area contributed by atoms with Gasteiger partial charge in [-0.25, -0.2) is 0 Å². The predicted octanol–water partition coefficient (Wildman–Crippen LogP) is 3.22. The summed E-state index contributed by atoms with van der Waals surface area (Å²) in [6, 6.07) is 0. The second-order valence-electron chi connectivity index (χ2n) is 5.36. The third kappa shape index (κ3) is 0.761. The van der Waals surface area contributed by atoms with Crippen molar-refractivity contribution in [2.75, 3.05) is 0 Å². The Hall–Kier alpha value is 0. The van der Waals surface area contributed by atoms with Crippen LogP contribution >= 0.6 is 0 Å². The molecule has 0 heterocycles. The smallest absolute Gasteiger partial charge is 0.0266 e. The lowest BCUT2D eigenvalue weighted by Crippen LogP contribution is -2.09. The Morgan fingerprint density at radius 3 is 2.55 bits per heavy atom. The Morgan fingerprint density at radius 1 is 1.00 bits per heavy atom. The van der Waals surface area contributed by atoms with Gasteiger partial charge in [0.25, 0.3) is 0 Å². The van der Waals surface area contributed by atoms with E-state index in [4.69, 9.17) is 0 Å². The van der Waals surface area contributed by atoms with Crippen LogP contribution in [0.15, 0.2) is 0 Å². The van der Waals surface area contributed by atoms with Crippen LogP contribution in [0.2, 0.25) is 0 Å². The van der Waals surface area contributed by atoms with Gasteiger partial charge < -0.3 is 0 Å². The van der Waals surface area contributed by atoms with E-state index in [0.29, 0.717) is 0 Å². The molecule has 0 amide bonds. The van der Waals surface area contributed by atoms with E-state index in [1.807, 2.05) is 0 Å². The molecule has 3 aliphatic rings. The van der Waals surface area contributed by atoms with E-state index < -0.39 is 0 Å². The molecule has 0 N–H and O–H groups in total. The molecule has 3 aliphatic carbocycles. The summed E-state index contributed by atoms with van der Waals surface area (Å²) in [6.07, 6.45) is 9.43. The fraction of sp³-hybridized carbons (Fsp3) is 1.00. The standard InChI is InChI=1S/C11H18/c1-11-7-10(11)5-3-8-2-4-9(11)6-8/h8-10H,2-7H2,1H3. The first-order chi connectivity index (χ1) is 5.29. The first-order valence-electron chi connectivity index (χ1n) is 5.29. The molecule has 0 aromatic carbocycles. The molecule has 0 radical (unpaired) electrons. The van der Waals surface area contributed by atoms with Gasteiger partial charge in [-0.3, -0.25) is 0 Å². The summed E-state index contributed by atoms with van der Waals surface area (Å²) in [5, 5.41) is 0. The maximum absolute atomic E-state index is 2.55. The first kappa shape index (κ1) is 6.51. The van der Waals surface area contributed by atoms with E-state index in [0.717, 1.165) is 23.2 Å². The Morgan fingerprint density at radius 2 is 1.73 bits per heavy atom. The van der Waals surface area contributed by atoms with Crippen LogP contribution in [0.5, 0.6) is 0 Å². The van der Waals surface area contributed by atoms with Gasteiger partial charge in [0.05, 0.1) is 0 Å². The van der Waals surface area contributed by atoms with Crippen molar-refractivity contribution < 1.29 is 0 Å². The minimum atomic E-state index is 0.839. The van der Waals surface area contributed by atoms with Crippen LogP contribution in [0.4, 0.5) is 0 Å². The number of rotatable bonds is 0. The van der Waals surface area contributed by atoms with Crippen LogP contribution in [0, 0.1) is 23.2 Å². The number of hydrogen-bond acceptors (Lipinski definition) is 0. The second-order valence-corrected chi connectivity index (χ2v) is 5.36. The van der Waals surface area contributed by atoms with Crippen molar-refractivity contribution in [1.82, 2.24) is 0 Å². The van der Waals surface area contributed by atoms with Gasteiger partial charge in [0.15, 0.2) is 0 Å². The molecular weight excluding hydrogens is 132 g/mol. The largest absolute Gasteiger partial charge is 0.0591 e. The van der Waals surface area contributed by atoms with Gasteiger partial charge in [0.1, 0.15) is 0 Å². The van der Waals surface area contributed by atoms with Crippen molar-refractivity contribution in [3.05, 3.63) is 0 Å². The Kier molecular flexibility index (Phi) is 1.09. The molecule has 0 saturated heterocycles. The monoisotopic (exact) mass is 150 g/mol. The zero-order valence-electron chi connectivity index (χ0n) is 7.47. The van der Waals surface area contributed by atoms with E-state index in [1.165, 1.54) is 0 Å². The van der Waals surface area contributed by atoms with Crippen molar-refractivity contribution >= 4 is 0 Å². The average Bonchev–Trinajstić information content (AvgIpc) is 2.49. The van der Waals surface area contributed by atoms with E-state index in [1.54, 1.807) is 38.5 Å². The van der Waals surface area contributed by atoms with Gasteiger partial charge in [0, 0.05) is 0 Å². The van der Waals surface area contributed by atoms with Gasteiger partial charge in [-0.1, -0.05) is 19.8 Å². The van der Waals surface area contributed by atoms with Crippen molar-refractivity contribution in [1.29, 1.82) is 0 Å². The van der Waals surface area contributed by atoms with Crippen LogP contribution in [-0.4, -0.2) is 0 Å². The Labute approximate surface area is 69.4 Å². The van der Waals surface area contributed by atoms with Gasteiger partial charge >= 0.3 is 0 Å². The minimum Gasteiger partial charge on any atom is -0.0591 e. The summed E-state index contributed by atoms with van der Waals surface area (Å²) >= 11 is 0. The fourth-order valence-electron chi connectivity index (χ4n) is 3.78. The van der Waals surface area contributed by atoms with Crippen molar-refractivity contribution in [2.45, 2.75) is 45.4 Å². The SMILES string of the molecule is CC12CC1CCC1CCC2C1. The molecule has 2 bridgehead atoms. The number of hydrogen-bond donors (Lipinski definition) is 0. The molecular formula is C11H18. The first-order valence-corrected chi connectivity index (χ1v) is 5.29. The topological polar surface area (TPSA) is 0 Å². The highest BCUT2D eigenvalue weighted by Crippen LogP contribution is 2.66. The van der Waals surface area contributed by atoms with E-state index in [-0.39, 0.29) is 0 Å². The molecule has 3 fully saturated rings. The minimum absolute atomic E-state index is 0.839. The van der Waals surface area contributed by atoms with Crippen LogP contribution in [0.25, 0.3) is 0 Å². The summed E-state index contributed by atoms with van der Waals surface area (Å²) in [4.78, 5) is 0. The van der Waals surface area contributed by atoms with Crippen LogP contribution in [-0.2, 0) is 0 Å². The van der Waals surface area contributed by atoms with E-state index in [2.05, 4.69) is 6.92 Å². The summed E-state index contributed by atoms with van der Waals surface area (Å²) in [5.41, 5.74) is 0.839. The Bertz CT molecular complexity index is 184. The van der Waals surface area contributed by atoms with Gasteiger partial charge in [-0.2, -0.15) is 0 Å². The van der Waals surface area contributed by atoms with Crippen LogP contribution in [0.1, 0.15) is 45.4 Å². The average molecular weight is 150 g/mol. The van der Waals surface area contributed by atoms with Gasteiger partial charge in [0.2, 0.25) is 0 Å². The lowest BCUT2D eigenvalue weighted by atomic mass is 9.87. The van der Waals surface area contributed by atoms with Crippen molar-refractivity contribution in [3.63, 3.8) is 0 Å². The lowest BCUT2D eigenvalue weighted by Gasteiger charge is -2.17. The maximum atomic E-state index is 2.55. The molecule has 0 aromatic heterocycles. The highest BCUT2D eigenvalue weighted by atomic mass is 14.6. The predicted molar refractivity (Wildman–Crippen MR) is 46.3 cm³/mol. The molecule has 4 unspecified atom stereocenters. The molecule has 0 heteroatoms. The summed E-state index contributed by atoms with van der Waals surface area (Å²) in [5.74, 6) is 3.43. The molecule has 62 valence electrons. The molecule has 11 heavy (non-hydrogen) atoms.